The molecule has 1 saturated heterocycles. The Hall–Kier alpha value is -3.15. The molecule has 1 heterocycles. The monoisotopic (exact) mass is 450 g/mol. The summed E-state index contributed by atoms with van der Waals surface area (Å²) in [6, 6.07) is 13.6. The van der Waals surface area contributed by atoms with Crippen LogP contribution in [0.25, 0.3) is 6.08 Å². The number of halogens is 1. The molecule has 4 rings (SSSR count). The van der Waals surface area contributed by atoms with Crippen molar-refractivity contribution in [2.75, 3.05) is 6.54 Å². The number of amides is 2. The first-order valence-electron chi connectivity index (χ1n) is 11.9. The van der Waals surface area contributed by atoms with Crippen LogP contribution in [0.4, 0.5) is 4.39 Å². The average molecular weight is 451 g/mol. The summed E-state index contributed by atoms with van der Waals surface area (Å²) in [5, 5.41) is 2.91. The number of benzene rings is 2. The maximum absolute atomic E-state index is 13.7. The van der Waals surface area contributed by atoms with Crippen LogP contribution in [0.3, 0.4) is 0 Å². The van der Waals surface area contributed by atoms with Crippen LogP contribution >= 0.6 is 0 Å². The lowest BCUT2D eigenvalue weighted by atomic mass is 9.89. The summed E-state index contributed by atoms with van der Waals surface area (Å²) in [7, 11) is 0. The molecule has 174 valence electrons. The smallest absolute Gasteiger partial charge is 0.289 e. The van der Waals surface area contributed by atoms with Gasteiger partial charge in [-0.15, -0.1) is 0 Å². The van der Waals surface area contributed by atoms with Gasteiger partial charge in [-0.05, 0) is 67.2 Å². The van der Waals surface area contributed by atoms with Crippen molar-refractivity contribution in [3.63, 3.8) is 0 Å². The topological polar surface area (TPSA) is 58.6 Å². The number of hydrogen-bond donors (Lipinski definition) is 1. The molecule has 2 aromatic carbocycles. The van der Waals surface area contributed by atoms with Crippen molar-refractivity contribution in [1.82, 2.24) is 10.2 Å². The molecular formula is C27H31FN2O3. The number of morpholine rings is 1. The van der Waals surface area contributed by atoms with Gasteiger partial charge in [0.15, 0.2) is 5.76 Å². The van der Waals surface area contributed by atoms with E-state index in [4.69, 9.17) is 4.74 Å². The van der Waals surface area contributed by atoms with Crippen LogP contribution in [0.2, 0.25) is 0 Å². The van der Waals surface area contributed by atoms with E-state index in [0.717, 1.165) is 49.7 Å². The largest absolute Gasteiger partial charge is 0.482 e. The fourth-order valence-corrected chi connectivity index (χ4v) is 4.56. The molecule has 33 heavy (non-hydrogen) atoms. The number of nitrogens with one attached hydrogen (secondary N) is 1. The lowest BCUT2D eigenvalue weighted by Gasteiger charge is -2.44. The third kappa shape index (κ3) is 5.62. The van der Waals surface area contributed by atoms with Gasteiger partial charge in [0.25, 0.3) is 11.8 Å². The summed E-state index contributed by atoms with van der Waals surface area (Å²) in [5.74, 6) is -0.277. The molecule has 0 bridgehead atoms. The summed E-state index contributed by atoms with van der Waals surface area (Å²) >= 11 is 0. The molecule has 0 radical (unpaired) electrons. The SMILES string of the molecule is CCCCNC(=O)c1ccc(/C=C2\OC3CCCCC3N(Cc3cccc(F)c3)C2=O)cc1. The van der Waals surface area contributed by atoms with Crippen LogP contribution in [-0.4, -0.2) is 35.4 Å². The maximum Gasteiger partial charge on any atom is 0.289 e. The molecule has 2 amide bonds. The molecule has 1 aliphatic carbocycles. The summed E-state index contributed by atoms with van der Waals surface area (Å²) < 4.78 is 19.9. The number of rotatable bonds is 7. The number of hydrogen-bond acceptors (Lipinski definition) is 3. The van der Waals surface area contributed by atoms with Crippen LogP contribution in [0.15, 0.2) is 54.3 Å². The number of fused-ring (bicyclic) bond motifs is 1. The number of ether oxygens (including phenoxy) is 1. The molecule has 1 aliphatic heterocycles. The summed E-state index contributed by atoms with van der Waals surface area (Å²) in [4.78, 5) is 27.4. The van der Waals surface area contributed by atoms with Crippen molar-refractivity contribution in [2.24, 2.45) is 0 Å². The first kappa shape index (κ1) is 23.0. The van der Waals surface area contributed by atoms with E-state index in [1.807, 2.05) is 23.1 Å². The highest BCUT2D eigenvalue weighted by Crippen LogP contribution is 2.34. The molecule has 2 fully saturated rings. The predicted molar refractivity (Wildman–Crippen MR) is 126 cm³/mol. The van der Waals surface area contributed by atoms with Gasteiger partial charge in [-0.25, -0.2) is 4.39 Å². The van der Waals surface area contributed by atoms with Crippen LogP contribution in [0.5, 0.6) is 0 Å². The van der Waals surface area contributed by atoms with E-state index in [-0.39, 0.29) is 29.8 Å². The number of unbranched alkanes of at least 4 members (excludes halogenated alkanes) is 1. The molecule has 5 nitrogen and oxygen atoms in total. The van der Waals surface area contributed by atoms with E-state index in [2.05, 4.69) is 12.2 Å². The Morgan fingerprint density at radius 3 is 2.73 bits per heavy atom. The van der Waals surface area contributed by atoms with Crippen LogP contribution in [0, 0.1) is 5.82 Å². The Balaban J connectivity index is 1.53. The molecule has 6 heteroatoms. The average Bonchev–Trinajstić information content (AvgIpc) is 2.82. The Kier molecular flexibility index (Phi) is 7.43. The number of carbonyl (C=O) groups excluding carboxylic acids is 2. The van der Waals surface area contributed by atoms with Gasteiger partial charge in [0.05, 0.1) is 6.04 Å². The van der Waals surface area contributed by atoms with Crippen molar-refractivity contribution >= 4 is 17.9 Å². The van der Waals surface area contributed by atoms with Gasteiger partial charge in [0.1, 0.15) is 11.9 Å². The minimum absolute atomic E-state index is 0.000796. The molecule has 2 unspecified atom stereocenters. The predicted octanol–water partition coefficient (Wildman–Crippen LogP) is 5.07. The summed E-state index contributed by atoms with van der Waals surface area (Å²) in [6.07, 6.45) is 7.57. The number of nitrogens with zero attached hydrogens (tertiary/aromatic N) is 1. The fraction of sp³-hybridized carbons (Fsp3) is 0.407. The zero-order chi connectivity index (χ0) is 23.2. The van der Waals surface area contributed by atoms with Crippen molar-refractivity contribution in [1.29, 1.82) is 0 Å². The van der Waals surface area contributed by atoms with Crippen molar-refractivity contribution < 1.29 is 18.7 Å². The summed E-state index contributed by atoms with van der Waals surface area (Å²) in [5.41, 5.74) is 2.15. The second-order valence-electron chi connectivity index (χ2n) is 8.81. The lowest BCUT2D eigenvalue weighted by molar-refractivity contribution is -0.149. The van der Waals surface area contributed by atoms with Crippen LogP contribution in [-0.2, 0) is 16.1 Å². The first-order valence-corrected chi connectivity index (χ1v) is 11.9. The molecule has 2 aliphatic rings. The molecule has 2 atom stereocenters. The molecule has 0 aromatic heterocycles. The van der Waals surface area contributed by atoms with Gasteiger partial charge in [-0.1, -0.05) is 44.0 Å². The Bertz CT molecular complexity index is 1020. The van der Waals surface area contributed by atoms with E-state index in [1.165, 1.54) is 12.1 Å². The Morgan fingerprint density at radius 1 is 1.18 bits per heavy atom. The zero-order valence-corrected chi connectivity index (χ0v) is 19.1. The second-order valence-corrected chi connectivity index (χ2v) is 8.81. The van der Waals surface area contributed by atoms with Crippen LogP contribution < -0.4 is 5.32 Å². The highest BCUT2D eigenvalue weighted by Gasteiger charge is 2.41. The molecule has 2 aromatic rings. The zero-order valence-electron chi connectivity index (χ0n) is 19.1. The minimum atomic E-state index is -0.303. The highest BCUT2D eigenvalue weighted by molar-refractivity contribution is 5.97. The van der Waals surface area contributed by atoms with Gasteiger partial charge in [-0.2, -0.15) is 0 Å². The third-order valence-corrected chi connectivity index (χ3v) is 6.35. The highest BCUT2D eigenvalue weighted by atomic mass is 19.1. The van der Waals surface area contributed by atoms with Gasteiger partial charge in [0, 0.05) is 18.7 Å². The van der Waals surface area contributed by atoms with Gasteiger partial charge in [-0.3, -0.25) is 9.59 Å². The van der Waals surface area contributed by atoms with Gasteiger partial charge >= 0.3 is 0 Å². The van der Waals surface area contributed by atoms with Crippen molar-refractivity contribution in [3.8, 4) is 0 Å². The first-order chi connectivity index (χ1) is 16.0. The van der Waals surface area contributed by atoms with E-state index in [1.54, 1.807) is 24.3 Å². The quantitative estimate of drug-likeness (QED) is 0.474. The van der Waals surface area contributed by atoms with E-state index < -0.39 is 0 Å². The lowest BCUT2D eigenvalue weighted by Crippen LogP contribution is -2.54. The van der Waals surface area contributed by atoms with E-state index in [9.17, 15) is 14.0 Å². The van der Waals surface area contributed by atoms with Gasteiger partial charge < -0.3 is 15.0 Å². The Labute approximate surface area is 194 Å². The minimum Gasteiger partial charge on any atom is -0.482 e. The maximum atomic E-state index is 13.7. The van der Waals surface area contributed by atoms with Crippen molar-refractivity contribution in [2.45, 2.75) is 64.1 Å². The number of carbonyl (C=O) groups is 2. The summed E-state index contributed by atoms with van der Waals surface area (Å²) in [6.45, 7) is 3.10. The second kappa shape index (κ2) is 10.6. The van der Waals surface area contributed by atoms with Crippen LogP contribution in [0.1, 0.15) is 66.9 Å². The third-order valence-electron chi connectivity index (χ3n) is 6.35. The molecule has 0 spiro atoms. The molecule has 1 N–H and O–H groups in total. The van der Waals surface area contributed by atoms with E-state index >= 15 is 0 Å². The van der Waals surface area contributed by atoms with Gasteiger partial charge in [0.2, 0.25) is 0 Å². The standard InChI is InChI=1S/C27H31FN2O3/c1-2-3-15-29-26(31)21-13-11-19(12-14-21)17-25-27(32)30(18-20-7-6-8-22(28)16-20)23-9-4-5-10-24(23)33-25/h6-8,11-14,16-17,23-24H,2-5,9-10,15,18H2,1H3,(H,29,31)/b25-17-. The van der Waals surface area contributed by atoms with Crippen molar-refractivity contribution in [3.05, 3.63) is 76.8 Å². The molecule has 1 saturated carbocycles. The normalized spacial score (nSPS) is 21.5. The Morgan fingerprint density at radius 2 is 1.97 bits per heavy atom. The fourth-order valence-electron chi connectivity index (χ4n) is 4.56. The molecular weight excluding hydrogens is 419 g/mol. The van der Waals surface area contributed by atoms with E-state index in [0.29, 0.717) is 24.4 Å².